The van der Waals surface area contributed by atoms with Crippen LogP contribution in [0.5, 0.6) is 0 Å². The van der Waals surface area contributed by atoms with E-state index in [2.05, 4.69) is 10.3 Å². The molecule has 0 aliphatic rings. The van der Waals surface area contributed by atoms with E-state index in [1.807, 2.05) is 13.8 Å². The molecule has 1 aromatic heterocycles. The van der Waals surface area contributed by atoms with E-state index in [0.29, 0.717) is 11.4 Å². The van der Waals surface area contributed by atoms with Crippen molar-refractivity contribution < 1.29 is 13.9 Å². The first kappa shape index (κ1) is 11.0. The quantitative estimate of drug-likeness (QED) is 0.802. The molecule has 0 spiro atoms. The van der Waals surface area contributed by atoms with Crippen molar-refractivity contribution in [1.29, 1.82) is 0 Å². The zero-order chi connectivity index (χ0) is 10.7. The Labute approximate surface area is 80.5 Å². The third-order valence-corrected chi connectivity index (χ3v) is 1.85. The van der Waals surface area contributed by atoms with E-state index < -0.39 is 13.0 Å². The van der Waals surface area contributed by atoms with Crippen LogP contribution in [0, 0.1) is 0 Å². The zero-order valence-electron chi connectivity index (χ0n) is 8.11. The van der Waals surface area contributed by atoms with Gasteiger partial charge in [0.1, 0.15) is 12.2 Å². The minimum atomic E-state index is -2.46. The van der Waals surface area contributed by atoms with Crippen molar-refractivity contribution in [2.45, 2.75) is 39.3 Å². The highest BCUT2D eigenvalue weighted by atomic mass is 19.3. The molecule has 1 aromatic rings. The van der Waals surface area contributed by atoms with Crippen LogP contribution in [0.25, 0.3) is 0 Å². The van der Waals surface area contributed by atoms with Gasteiger partial charge in [0.25, 0.3) is 6.43 Å². The topological polar surface area (TPSA) is 50.9 Å². The second-order valence-corrected chi connectivity index (χ2v) is 3.31. The minimum absolute atomic E-state index is 0.0194. The lowest BCUT2D eigenvalue weighted by atomic mass is 10.1. The SMILES string of the molecule is CC(C)c1c(CO)nnn1CC(F)F. The molecule has 0 atom stereocenters. The summed E-state index contributed by atoms with van der Waals surface area (Å²) in [5, 5.41) is 16.1. The standard InChI is InChI=1S/C8H13F2N3O/c1-5(2)8-6(4-14)11-12-13(8)3-7(9)10/h5,7,14H,3-4H2,1-2H3. The van der Waals surface area contributed by atoms with Crippen LogP contribution < -0.4 is 0 Å². The highest BCUT2D eigenvalue weighted by Gasteiger charge is 2.17. The van der Waals surface area contributed by atoms with Gasteiger partial charge >= 0.3 is 0 Å². The Hall–Kier alpha value is -1.04. The average Bonchev–Trinajstić information content (AvgIpc) is 2.46. The number of rotatable bonds is 4. The monoisotopic (exact) mass is 205 g/mol. The van der Waals surface area contributed by atoms with Gasteiger partial charge in [-0.25, -0.2) is 13.5 Å². The van der Waals surface area contributed by atoms with Crippen molar-refractivity contribution in [2.24, 2.45) is 0 Å². The largest absolute Gasteiger partial charge is 0.390 e. The van der Waals surface area contributed by atoms with E-state index in [1.54, 1.807) is 0 Å². The summed E-state index contributed by atoms with van der Waals surface area (Å²) in [6.45, 7) is 2.96. The number of aromatic nitrogens is 3. The molecule has 6 heteroatoms. The van der Waals surface area contributed by atoms with Gasteiger partial charge in [0.2, 0.25) is 0 Å². The van der Waals surface area contributed by atoms with Crippen molar-refractivity contribution in [3.63, 3.8) is 0 Å². The summed E-state index contributed by atoms with van der Waals surface area (Å²) in [4.78, 5) is 0. The fraction of sp³-hybridized carbons (Fsp3) is 0.750. The van der Waals surface area contributed by atoms with E-state index >= 15 is 0 Å². The Morgan fingerprint density at radius 1 is 1.43 bits per heavy atom. The first-order chi connectivity index (χ1) is 6.56. The summed E-state index contributed by atoms with van der Waals surface area (Å²) < 4.78 is 25.4. The van der Waals surface area contributed by atoms with Crippen molar-refractivity contribution in [1.82, 2.24) is 15.0 Å². The number of nitrogens with zero attached hydrogens (tertiary/aromatic N) is 3. The molecule has 1 N–H and O–H groups in total. The number of hydrogen-bond donors (Lipinski definition) is 1. The highest BCUT2D eigenvalue weighted by Crippen LogP contribution is 2.18. The molecule has 0 bridgehead atoms. The summed E-state index contributed by atoms with van der Waals surface area (Å²) in [6.07, 6.45) is -2.46. The Bertz CT molecular complexity index is 299. The van der Waals surface area contributed by atoms with Crippen LogP contribution in [-0.2, 0) is 13.2 Å². The van der Waals surface area contributed by atoms with Crippen molar-refractivity contribution in [2.75, 3.05) is 0 Å². The second kappa shape index (κ2) is 4.45. The summed E-state index contributed by atoms with van der Waals surface area (Å²) in [5.74, 6) is 0.0194. The first-order valence-electron chi connectivity index (χ1n) is 4.37. The number of aliphatic hydroxyl groups is 1. The van der Waals surface area contributed by atoms with Gasteiger partial charge in [-0.05, 0) is 5.92 Å². The predicted octanol–water partition coefficient (Wildman–Crippen LogP) is 1.16. The van der Waals surface area contributed by atoms with E-state index in [1.165, 1.54) is 0 Å². The maximum absolute atomic E-state index is 12.1. The summed E-state index contributed by atoms with van der Waals surface area (Å²) in [7, 11) is 0. The van der Waals surface area contributed by atoms with Crippen LogP contribution in [0.1, 0.15) is 31.2 Å². The van der Waals surface area contributed by atoms with Crippen LogP contribution in [-0.4, -0.2) is 26.5 Å². The van der Waals surface area contributed by atoms with Gasteiger partial charge < -0.3 is 5.11 Å². The fourth-order valence-corrected chi connectivity index (χ4v) is 1.37. The third kappa shape index (κ3) is 2.25. The molecule has 0 saturated carbocycles. The smallest absolute Gasteiger partial charge is 0.257 e. The first-order valence-corrected chi connectivity index (χ1v) is 4.37. The van der Waals surface area contributed by atoms with E-state index in [0.717, 1.165) is 4.68 Å². The molecule has 1 heterocycles. The molecule has 4 nitrogen and oxygen atoms in total. The van der Waals surface area contributed by atoms with Gasteiger partial charge in [0, 0.05) is 0 Å². The van der Waals surface area contributed by atoms with Gasteiger partial charge in [0.05, 0.1) is 12.3 Å². The van der Waals surface area contributed by atoms with Crippen molar-refractivity contribution >= 4 is 0 Å². The van der Waals surface area contributed by atoms with Gasteiger partial charge in [0.15, 0.2) is 0 Å². The molecule has 0 aliphatic carbocycles. The Kier molecular flexibility index (Phi) is 3.51. The molecule has 0 fully saturated rings. The summed E-state index contributed by atoms with van der Waals surface area (Å²) in [5.41, 5.74) is 0.952. The molecule has 0 aliphatic heterocycles. The maximum Gasteiger partial charge on any atom is 0.257 e. The van der Waals surface area contributed by atoms with E-state index in [9.17, 15) is 8.78 Å². The van der Waals surface area contributed by atoms with Crippen LogP contribution >= 0.6 is 0 Å². The maximum atomic E-state index is 12.1. The zero-order valence-corrected chi connectivity index (χ0v) is 8.11. The highest BCUT2D eigenvalue weighted by molar-refractivity contribution is 5.13. The molecule has 0 aromatic carbocycles. The van der Waals surface area contributed by atoms with Crippen LogP contribution in [0.2, 0.25) is 0 Å². The second-order valence-electron chi connectivity index (χ2n) is 3.31. The lowest BCUT2D eigenvalue weighted by molar-refractivity contribution is 0.119. The molecular weight excluding hydrogens is 192 g/mol. The van der Waals surface area contributed by atoms with E-state index in [4.69, 9.17) is 5.11 Å². The normalized spacial score (nSPS) is 11.6. The Morgan fingerprint density at radius 2 is 2.07 bits per heavy atom. The van der Waals surface area contributed by atoms with Crippen molar-refractivity contribution in [3.05, 3.63) is 11.4 Å². The minimum Gasteiger partial charge on any atom is -0.390 e. The van der Waals surface area contributed by atoms with Gasteiger partial charge in [-0.1, -0.05) is 19.1 Å². The average molecular weight is 205 g/mol. The van der Waals surface area contributed by atoms with Crippen LogP contribution in [0.15, 0.2) is 0 Å². The molecule has 14 heavy (non-hydrogen) atoms. The van der Waals surface area contributed by atoms with Gasteiger partial charge in [-0.2, -0.15) is 0 Å². The molecule has 0 saturated heterocycles. The van der Waals surface area contributed by atoms with Crippen molar-refractivity contribution in [3.8, 4) is 0 Å². The molecule has 0 unspecified atom stereocenters. The molecule has 1 rings (SSSR count). The number of hydrogen-bond acceptors (Lipinski definition) is 3. The fourth-order valence-electron chi connectivity index (χ4n) is 1.37. The lowest BCUT2D eigenvalue weighted by Crippen LogP contribution is -2.13. The molecular formula is C8H13F2N3O. The van der Waals surface area contributed by atoms with Gasteiger partial charge in [-0.3, -0.25) is 0 Å². The lowest BCUT2D eigenvalue weighted by Gasteiger charge is -2.09. The summed E-state index contributed by atoms with van der Waals surface area (Å²) in [6, 6.07) is 0. The number of alkyl halides is 2. The number of aliphatic hydroxyl groups excluding tert-OH is 1. The summed E-state index contributed by atoms with van der Waals surface area (Å²) >= 11 is 0. The van der Waals surface area contributed by atoms with Crippen LogP contribution in [0.3, 0.4) is 0 Å². The molecule has 0 amide bonds. The van der Waals surface area contributed by atoms with E-state index in [-0.39, 0.29) is 12.5 Å². The molecule has 80 valence electrons. The van der Waals surface area contributed by atoms with Crippen LogP contribution in [0.4, 0.5) is 8.78 Å². The predicted molar refractivity (Wildman–Crippen MR) is 46.0 cm³/mol. The number of halogens is 2. The van der Waals surface area contributed by atoms with Gasteiger partial charge in [-0.15, -0.1) is 5.10 Å². The molecule has 0 radical (unpaired) electrons. The Balaban J connectivity index is 2.98. The third-order valence-electron chi connectivity index (χ3n) is 1.85. The Morgan fingerprint density at radius 3 is 2.50 bits per heavy atom.